The second-order valence-corrected chi connectivity index (χ2v) is 3.37. The maximum atomic E-state index is 10.6. The van der Waals surface area contributed by atoms with Gasteiger partial charge in [0.25, 0.3) is 0 Å². The number of rotatable bonds is 3. The van der Waals surface area contributed by atoms with E-state index in [4.69, 9.17) is 10.8 Å². The minimum atomic E-state index is -1.01. The van der Waals surface area contributed by atoms with Crippen molar-refractivity contribution in [2.24, 2.45) is 5.92 Å². The van der Waals surface area contributed by atoms with Crippen molar-refractivity contribution in [1.82, 2.24) is 9.78 Å². The van der Waals surface area contributed by atoms with Crippen LogP contribution in [0.25, 0.3) is 0 Å². The van der Waals surface area contributed by atoms with Gasteiger partial charge in [0.2, 0.25) is 0 Å². The first-order chi connectivity index (χ1) is 6.18. The Labute approximate surface area is 75.2 Å². The van der Waals surface area contributed by atoms with Crippen molar-refractivity contribution in [3.63, 3.8) is 0 Å². The molecule has 3 N–H and O–H groups in total. The molecule has 5 heteroatoms. The van der Waals surface area contributed by atoms with Gasteiger partial charge in [-0.05, 0) is 18.8 Å². The lowest BCUT2D eigenvalue weighted by atomic mass is 10.3. The molecule has 0 atom stereocenters. The van der Waals surface area contributed by atoms with Crippen molar-refractivity contribution >= 4 is 11.8 Å². The Hall–Kier alpha value is -1.52. The number of nitrogen functional groups attached to an aromatic ring is 1. The van der Waals surface area contributed by atoms with E-state index in [1.807, 2.05) is 0 Å². The van der Waals surface area contributed by atoms with Crippen molar-refractivity contribution in [3.8, 4) is 0 Å². The minimum Gasteiger partial charge on any atom is -0.477 e. The van der Waals surface area contributed by atoms with Gasteiger partial charge < -0.3 is 10.8 Å². The Balaban J connectivity index is 2.21. The zero-order valence-electron chi connectivity index (χ0n) is 7.10. The van der Waals surface area contributed by atoms with Crippen LogP contribution in [0.1, 0.15) is 23.2 Å². The SMILES string of the molecule is Nc1c(C(=O)O)cnn1CC1CC1. The number of nitrogens with two attached hydrogens (primary N) is 1. The average molecular weight is 181 g/mol. The van der Waals surface area contributed by atoms with E-state index in [2.05, 4.69) is 5.10 Å². The van der Waals surface area contributed by atoms with Gasteiger partial charge in [0.15, 0.2) is 0 Å². The fourth-order valence-corrected chi connectivity index (χ4v) is 1.25. The number of anilines is 1. The molecular formula is C8H11N3O2. The summed E-state index contributed by atoms with van der Waals surface area (Å²) < 4.78 is 1.57. The van der Waals surface area contributed by atoms with Gasteiger partial charge in [-0.25, -0.2) is 9.48 Å². The predicted molar refractivity (Wildman–Crippen MR) is 46.3 cm³/mol. The smallest absolute Gasteiger partial charge is 0.341 e. The molecule has 0 bridgehead atoms. The van der Waals surface area contributed by atoms with E-state index in [0.717, 1.165) is 6.54 Å². The fourth-order valence-electron chi connectivity index (χ4n) is 1.25. The van der Waals surface area contributed by atoms with Crippen LogP contribution in [0.4, 0.5) is 5.82 Å². The molecule has 0 radical (unpaired) electrons. The van der Waals surface area contributed by atoms with E-state index in [1.165, 1.54) is 19.0 Å². The maximum absolute atomic E-state index is 10.6. The minimum absolute atomic E-state index is 0.0978. The van der Waals surface area contributed by atoms with E-state index in [9.17, 15) is 4.79 Å². The summed E-state index contributed by atoms with van der Waals surface area (Å²) in [6, 6.07) is 0. The summed E-state index contributed by atoms with van der Waals surface area (Å²) in [6.45, 7) is 0.749. The van der Waals surface area contributed by atoms with Gasteiger partial charge in [-0.2, -0.15) is 5.10 Å². The molecule has 0 saturated heterocycles. The van der Waals surface area contributed by atoms with Gasteiger partial charge in [-0.1, -0.05) is 0 Å². The number of hydrogen-bond donors (Lipinski definition) is 2. The van der Waals surface area contributed by atoms with Crippen LogP contribution in [0.15, 0.2) is 6.20 Å². The first-order valence-electron chi connectivity index (χ1n) is 4.23. The second kappa shape index (κ2) is 2.76. The summed E-state index contributed by atoms with van der Waals surface area (Å²) in [5.41, 5.74) is 5.70. The third-order valence-corrected chi connectivity index (χ3v) is 2.24. The van der Waals surface area contributed by atoms with Crippen LogP contribution in [0.3, 0.4) is 0 Å². The topological polar surface area (TPSA) is 81.1 Å². The fraction of sp³-hybridized carbons (Fsp3) is 0.500. The molecule has 5 nitrogen and oxygen atoms in total. The second-order valence-electron chi connectivity index (χ2n) is 3.37. The van der Waals surface area contributed by atoms with Crippen LogP contribution in [0, 0.1) is 5.92 Å². The van der Waals surface area contributed by atoms with E-state index in [1.54, 1.807) is 4.68 Å². The molecule has 0 spiro atoms. The molecule has 2 rings (SSSR count). The van der Waals surface area contributed by atoms with E-state index in [-0.39, 0.29) is 11.4 Å². The summed E-state index contributed by atoms with van der Waals surface area (Å²) in [7, 11) is 0. The monoisotopic (exact) mass is 181 g/mol. The molecule has 0 unspecified atom stereocenters. The van der Waals surface area contributed by atoms with Crippen LogP contribution in [0.2, 0.25) is 0 Å². The van der Waals surface area contributed by atoms with Crippen LogP contribution < -0.4 is 5.73 Å². The molecular weight excluding hydrogens is 170 g/mol. The third-order valence-electron chi connectivity index (χ3n) is 2.24. The molecule has 1 aliphatic rings. The molecule has 0 aliphatic heterocycles. The third kappa shape index (κ3) is 1.49. The van der Waals surface area contributed by atoms with E-state index >= 15 is 0 Å². The van der Waals surface area contributed by atoms with Gasteiger partial charge in [0, 0.05) is 6.54 Å². The number of aromatic carboxylic acids is 1. The number of aromatic nitrogens is 2. The molecule has 1 heterocycles. The average Bonchev–Trinajstić information content (AvgIpc) is 2.78. The Morgan fingerprint density at radius 3 is 2.92 bits per heavy atom. The molecule has 0 aromatic carbocycles. The highest BCUT2D eigenvalue weighted by Crippen LogP contribution is 2.31. The summed E-state index contributed by atoms with van der Waals surface area (Å²) in [4.78, 5) is 10.6. The van der Waals surface area contributed by atoms with Crippen molar-refractivity contribution in [1.29, 1.82) is 0 Å². The molecule has 70 valence electrons. The highest BCUT2D eigenvalue weighted by molar-refractivity contribution is 5.92. The summed E-state index contributed by atoms with van der Waals surface area (Å²) in [5, 5.41) is 12.6. The largest absolute Gasteiger partial charge is 0.477 e. The number of nitrogens with zero attached hydrogens (tertiary/aromatic N) is 2. The predicted octanol–water partition coefficient (Wildman–Crippen LogP) is 0.573. The van der Waals surface area contributed by atoms with E-state index in [0.29, 0.717) is 5.92 Å². The summed E-state index contributed by atoms with van der Waals surface area (Å²) in [5.74, 6) is -0.109. The standard InChI is InChI=1S/C8H11N3O2/c9-7-6(8(12)13)3-10-11(7)4-5-1-2-5/h3,5H,1-2,4,9H2,(H,12,13). The van der Waals surface area contributed by atoms with Crippen molar-refractivity contribution in [2.45, 2.75) is 19.4 Å². The maximum Gasteiger partial charge on any atom is 0.341 e. The molecule has 1 aromatic rings. The molecule has 1 saturated carbocycles. The number of carboxylic acid groups (broad SMARTS) is 1. The van der Waals surface area contributed by atoms with Crippen LogP contribution >= 0.6 is 0 Å². The normalized spacial score (nSPS) is 16.0. The Bertz CT molecular complexity index is 341. The van der Waals surface area contributed by atoms with Crippen LogP contribution in [-0.2, 0) is 6.54 Å². The van der Waals surface area contributed by atoms with Crippen molar-refractivity contribution < 1.29 is 9.90 Å². The van der Waals surface area contributed by atoms with Crippen molar-refractivity contribution in [3.05, 3.63) is 11.8 Å². The Morgan fingerprint density at radius 2 is 2.46 bits per heavy atom. The quantitative estimate of drug-likeness (QED) is 0.714. The van der Waals surface area contributed by atoms with Gasteiger partial charge in [0.1, 0.15) is 11.4 Å². The van der Waals surface area contributed by atoms with Gasteiger partial charge in [-0.3, -0.25) is 0 Å². The highest BCUT2D eigenvalue weighted by atomic mass is 16.4. The molecule has 1 aromatic heterocycles. The zero-order chi connectivity index (χ0) is 9.42. The number of hydrogen-bond acceptors (Lipinski definition) is 3. The first-order valence-corrected chi connectivity index (χ1v) is 4.23. The lowest BCUT2D eigenvalue weighted by Gasteiger charge is -2.01. The van der Waals surface area contributed by atoms with Gasteiger partial charge in [-0.15, -0.1) is 0 Å². The lowest BCUT2D eigenvalue weighted by Crippen LogP contribution is -2.08. The summed E-state index contributed by atoms with van der Waals surface area (Å²) in [6.07, 6.45) is 3.70. The zero-order valence-corrected chi connectivity index (χ0v) is 7.10. The Kier molecular flexibility index (Phi) is 1.72. The highest BCUT2D eigenvalue weighted by Gasteiger charge is 2.24. The molecule has 1 aliphatic carbocycles. The van der Waals surface area contributed by atoms with Gasteiger partial charge in [0.05, 0.1) is 6.20 Å². The molecule has 0 amide bonds. The molecule has 13 heavy (non-hydrogen) atoms. The van der Waals surface area contributed by atoms with Crippen LogP contribution in [-0.4, -0.2) is 20.9 Å². The summed E-state index contributed by atoms with van der Waals surface area (Å²) >= 11 is 0. The number of carboxylic acids is 1. The van der Waals surface area contributed by atoms with Crippen LogP contribution in [0.5, 0.6) is 0 Å². The van der Waals surface area contributed by atoms with Crippen molar-refractivity contribution in [2.75, 3.05) is 5.73 Å². The Morgan fingerprint density at radius 1 is 1.77 bits per heavy atom. The van der Waals surface area contributed by atoms with Gasteiger partial charge >= 0.3 is 5.97 Å². The molecule has 1 fully saturated rings. The first kappa shape index (κ1) is 8.10. The lowest BCUT2D eigenvalue weighted by molar-refractivity contribution is 0.0698. The van der Waals surface area contributed by atoms with E-state index < -0.39 is 5.97 Å². The number of carbonyl (C=O) groups is 1.